The standard InChI is InChI=1S/C27H44/c1-3-5-7-8-9-11-23-14-17-27-21-26(19-18-25(27)20-23)24-15-12-22(13-16-24)10-6-4-2/h18-19,21-24H,3-17,20H2,1-2H3. The average molecular weight is 369 g/mol. The topological polar surface area (TPSA) is 0 Å². The van der Waals surface area contributed by atoms with E-state index in [1.54, 1.807) is 16.7 Å². The Labute approximate surface area is 169 Å². The molecule has 27 heavy (non-hydrogen) atoms. The summed E-state index contributed by atoms with van der Waals surface area (Å²) in [5, 5.41) is 0. The maximum absolute atomic E-state index is 2.61. The largest absolute Gasteiger partial charge is 0.0654 e. The predicted molar refractivity (Wildman–Crippen MR) is 120 cm³/mol. The van der Waals surface area contributed by atoms with Gasteiger partial charge in [0.2, 0.25) is 0 Å². The van der Waals surface area contributed by atoms with E-state index in [9.17, 15) is 0 Å². The molecular weight excluding hydrogens is 324 g/mol. The lowest BCUT2D eigenvalue weighted by molar-refractivity contribution is 0.304. The fourth-order valence-corrected chi connectivity index (χ4v) is 5.66. The lowest BCUT2D eigenvalue weighted by Crippen LogP contribution is -2.16. The molecule has 152 valence electrons. The third kappa shape index (κ3) is 6.37. The molecule has 0 heteroatoms. The van der Waals surface area contributed by atoms with Crippen LogP contribution < -0.4 is 0 Å². The molecule has 0 bridgehead atoms. The number of fused-ring (bicyclic) bond motifs is 1. The Morgan fingerprint density at radius 1 is 0.704 bits per heavy atom. The minimum absolute atomic E-state index is 0.851. The number of rotatable bonds is 10. The Balaban J connectivity index is 1.46. The van der Waals surface area contributed by atoms with Gasteiger partial charge in [-0.15, -0.1) is 0 Å². The van der Waals surface area contributed by atoms with E-state index in [-0.39, 0.29) is 0 Å². The fourth-order valence-electron chi connectivity index (χ4n) is 5.66. The van der Waals surface area contributed by atoms with Crippen molar-refractivity contribution in [2.75, 3.05) is 0 Å². The quantitative estimate of drug-likeness (QED) is 0.362. The molecule has 2 aliphatic rings. The van der Waals surface area contributed by atoms with Gasteiger partial charge in [-0.1, -0.05) is 89.8 Å². The van der Waals surface area contributed by atoms with Gasteiger partial charge < -0.3 is 0 Å². The van der Waals surface area contributed by atoms with Crippen LogP contribution in [0.25, 0.3) is 0 Å². The van der Waals surface area contributed by atoms with E-state index in [0.717, 1.165) is 17.8 Å². The van der Waals surface area contributed by atoms with Crippen LogP contribution in [0.3, 0.4) is 0 Å². The molecule has 1 atom stereocenters. The van der Waals surface area contributed by atoms with E-state index in [4.69, 9.17) is 0 Å². The highest BCUT2D eigenvalue weighted by Crippen LogP contribution is 2.39. The first-order valence-electron chi connectivity index (χ1n) is 12.4. The molecule has 3 rings (SSSR count). The SMILES string of the molecule is CCCCCCCC1CCc2cc(C3CCC(CCCC)CC3)ccc2C1. The number of hydrogen-bond donors (Lipinski definition) is 0. The normalized spacial score (nSPS) is 25.3. The van der Waals surface area contributed by atoms with E-state index in [2.05, 4.69) is 32.0 Å². The second-order valence-corrected chi connectivity index (χ2v) is 9.70. The Morgan fingerprint density at radius 2 is 1.44 bits per heavy atom. The summed E-state index contributed by atoms with van der Waals surface area (Å²) in [6.07, 6.45) is 22.9. The number of hydrogen-bond acceptors (Lipinski definition) is 0. The molecule has 1 saturated carbocycles. The van der Waals surface area contributed by atoms with Crippen molar-refractivity contribution in [1.82, 2.24) is 0 Å². The third-order valence-corrected chi connectivity index (χ3v) is 7.56. The van der Waals surface area contributed by atoms with Crippen LogP contribution in [0.2, 0.25) is 0 Å². The molecule has 0 radical (unpaired) electrons. The Kier molecular flexibility index (Phi) is 8.75. The van der Waals surface area contributed by atoms with Gasteiger partial charge in [0, 0.05) is 0 Å². The van der Waals surface area contributed by atoms with Crippen LogP contribution >= 0.6 is 0 Å². The summed E-state index contributed by atoms with van der Waals surface area (Å²) in [5.41, 5.74) is 5.05. The summed E-state index contributed by atoms with van der Waals surface area (Å²) in [5.74, 6) is 2.83. The molecule has 0 amide bonds. The van der Waals surface area contributed by atoms with Gasteiger partial charge in [0.25, 0.3) is 0 Å². The van der Waals surface area contributed by atoms with Crippen molar-refractivity contribution in [3.8, 4) is 0 Å². The first-order valence-corrected chi connectivity index (χ1v) is 12.4. The monoisotopic (exact) mass is 368 g/mol. The zero-order valence-electron chi connectivity index (χ0n) is 18.3. The first kappa shape index (κ1) is 20.9. The van der Waals surface area contributed by atoms with Crippen LogP contribution in [-0.2, 0) is 12.8 Å². The van der Waals surface area contributed by atoms with Crippen LogP contribution in [0.4, 0.5) is 0 Å². The summed E-state index contributed by atoms with van der Waals surface area (Å²) >= 11 is 0. The highest BCUT2D eigenvalue weighted by molar-refractivity contribution is 5.36. The Bertz CT molecular complexity index is 535. The van der Waals surface area contributed by atoms with Crippen molar-refractivity contribution in [2.45, 2.75) is 122 Å². The van der Waals surface area contributed by atoms with Crippen LogP contribution in [0.1, 0.15) is 126 Å². The van der Waals surface area contributed by atoms with Gasteiger partial charge in [-0.2, -0.15) is 0 Å². The van der Waals surface area contributed by atoms with Crippen molar-refractivity contribution in [3.05, 3.63) is 34.9 Å². The van der Waals surface area contributed by atoms with Crippen molar-refractivity contribution in [1.29, 1.82) is 0 Å². The van der Waals surface area contributed by atoms with Gasteiger partial charge in [0.05, 0.1) is 0 Å². The summed E-state index contributed by atoms with van der Waals surface area (Å²) in [6, 6.07) is 7.63. The minimum Gasteiger partial charge on any atom is -0.0654 e. The molecule has 0 aromatic heterocycles. The summed E-state index contributed by atoms with van der Waals surface area (Å²) in [4.78, 5) is 0. The molecular formula is C27H44. The molecule has 1 unspecified atom stereocenters. The third-order valence-electron chi connectivity index (χ3n) is 7.56. The predicted octanol–water partition coefficient (Wildman–Crippen LogP) is 8.62. The van der Waals surface area contributed by atoms with Gasteiger partial charge in [-0.3, -0.25) is 0 Å². The number of unbranched alkanes of at least 4 members (excludes halogenated alkanes) is 5. The molecule has 0 nitrogen and oxygen atoms in total. The molecule has 0 spiro atoms. The fraction of sp³-hybridized carbons (Fsp3) is 0.778. The molecule has 0 heterocycles. The highest BCUT2D eigenvalue weighted by atomic mass is 14.3. The minimum atomic E-state index is 0.851. The van der Waals surface area contributed by atoms with Crippen LogP contribution in [-0.4, -0.2) is 0 Å². The van der Waals surface area contributed by atoms with Gasteiger partial charge in [-0.25, -0.2) is 0 Å². The van der Waals surface area contributed by atoms with Crippen molar-refractivity contribution in [3.63, 3.8) is 0 Å². The van der Waals surface area contributed by atoms with Gasteiger partial charge in [-0.05, 0) is 79.4 Å². The van der Waals surface area contributed by atoms with Crippen LogP contribution in [0.5, 0.6) is 0 Å². The molecule has 0 aliphatic heterocycles. The van der Waals surface area contributed by atoms with E-state index < -0.39 is 0 Å². The highest BCUT2D eigenvalue weighted by Gasteiger charge is 2.24. The number of benzene rings is 1. The zero-order valence-corrected chi connectivity index (χ0v) is 18.3. The second-order valence-electron chi connectivity index (χ2n) is 9.70. The summed E-state index contributed by atoms with van der Waals surface area (Å²) in [7, 11) is 0. The zero-order chi connectivity index (χ0) is 18.9. The molecule has 2 aliphatic carbocycles. The van der Waals surface area contributed by atoms with E-state index in [0.29, 0.717) is 0 Å². The number of aryl methyl sites for hydroxylation is 1. The molecule has 1 aromatic carbocycles. The molecule has 0 saturated heterocycles. The van der Waals surface area contributed by atoms with Crippen molar-refractivity contribution in [2.24, 2.45) is 11.8 Å². The Hall–Kier alpha value is -0.780. The van der Waals surface area contributed by atoms with Gasteiger partial charge in [0.1, 0.15) is 0 Å². The van der Waals surface area contributed by atoms with Crippen molar-refractivity contribution < 1.29 is 0 Å². The van der Waals surface area contributed by atoms with Gasteiger partial charge >= 0.3 is 0 Å². The maximum atomic E-state index is 2.61. The van der Waals surface area contributed by atoms with E-state index in [1.165, 1.54) is 103 Å². The van der Waals surface area contributed by atoms with Crippen molar-refractivity contribution >= 4 is 0 Å². The maximum Gasteiger partial charge on any atom is -0.0162 e. The van der Waals surface area contributed by atoms with Gasteiger partial charge in [0.15, 0.2) is 0 Å². The lowest BCUT2D eigenvalue weighted by Gasteiger charge is -2.30. The summed E-state index contributed by atoms with van der Waals surface area (Å²) < 4.78 is 0. The average Bonchev–Trinajstić information content (AvgIpc) is 2.72. The van der Waals surface area contributed by atoms with Crippen LogP contribution in [0.15, 0.2) is 18.2 Å². The molecule has 0 N–H and O–H groups in total. The first-order chi connectivity index (χ1) is 13.3. The molecule has 1 fully saturated rings. The Morgan fingerprint density at radius 3 is 2.22 bits per heavy atom. The lowest BCUT2D eigenvalue weighted by atomic mass is 9.75. The second kappa shape index (κ2) is 11.3. The van der Waals surface area contributed by atoms with E-state index >= 15 is 0 Å². The van der Waals surface area contributed by atoms with E-state index in [1.807, 2.05) is 0 Å². The molecule has 1 aromatic rings. The summed E-state index contributed by atoms with van der Waals surface area (Å²) in [6.45, 7) is 4.64. The smallest absolute Gasteiger partial charge is 0.0162 e. The van der Waals surface area contributed by atoms with Crippen LogP contribution in [0, 0.1) is 11.8 Å².